The molecular formula is C11H19N3O3S. The van der Waals surface area contributed by atoms with E-state index in [0.29, 0.717) is 24.6 Å². The van der Waals surface area contributed by atoms with Gasteiger partial charge in [-0.15, -0.1) is 0 Å². The van der Waals surface area contributed by atoms with E-state index in [1.54, 1.807) is 0 Å². The van der Waals surface area contributed by atoms with Gasteiger partial charge in [0.25, 0.3) is 0 Å². The molecule has 7 heteroatoms. The van der Waals surface area contributed by atoms with E-state index in [1.165, 1.54) is 0 Å². The van der Waals surface area contributed by atoms with Crippen LogP contribution in [-0.2, 0) is 20.8 Å². The lowest BCUT2D eigenvalue weighted by molar-refractivity contribution is 0.308. The fraction of sp³-hybridized carbons (Fsp3) is 0.818. The summed E-state index contributed by atoms with van der Waals surface area (Å²) in [4.78, 5) is 4.28. The normalized spacial score (nSPS) is 28.2. The van der Waals surface area contributed by atoms with Crippen molar-refractivity contribution in [3.8, 4) is 0 Å². The molecule has 6 nitrogen and oxygen atoms in total. The summed E-state index contributed by atoms with van der Waals surface area (Å²) in [6.45, 7) is 5.85. The molecule has 0 saturated carbocycles. The molecule has 1 aliphatic heterocycles. The summed E-state index contributed by atoms with van der Waals surface area (Å²) in [6.07, 6.45) is 1.10. The average Bonchev–Trinajstić information content (AvgIpc) is 2.63. The van der Waals surface area contributed by atoms with Gasteiger partial charge in [-0.3, -0.25) is 0 Å². The first kappa shape index (κ1) is 13.5. The number of sulfone groups is 1. The molecule has 0 radical (unpaired) electrons. The van der Waals surface area contributed by atoms with Crippen LogP contribution in [0.3, 0.4) is 0 Å². The third kappa shape index (κ3) is 2.56. The van der Waals surface area contributed by atoms with Gasteiger partial charge in [-0.2, -0.15) is 4.98 Å². The minimum atomic E-state index is -3.11. The highest BCUT2D eigenvalue weighted by molar-refractivity contribution is 7.91. The maximum atomic E-state index is 11.7. The fourth-order valence-electron chi connectivity index (χ4n) is 2.05. The first-order valence-electron chi connectivity index (χ1n) is 5.96. The summed E-state index contributed by atoms with van der Waals surface area (Å²) in [5.41, 5.74) is 4.87. The first-order valence-corrected chi connectivity index (χ1v) is 7.79. The van der Waals surface area contributed by atoms with Crippen LogP contribution in [-0.4, -0.2) is 30.1 Å². The summed E-state index contributed by atoms with van der Waals surface area (Å²) < 4.78 is 28.5. The number of aromatic nitrogens is 2. The Labute approximate surface area is 107 Å². The molecule has 1 aliphatic rings. The third-order valence-electron chi connectivity index (χ3n) is 3.07. The van der Waals surface area contributed by atoms with Crippen LogP contribution in [0.25, 0.3) is 0 Å². The lowest BCUT2D eigenvalue weighted by Gasteiger charge is -2.29. The predicted octanol–water partition coefficient (Wildman–Crippen LogP) is 0.730. The molecule has 1 aromatic rings. The Hall–Kier alpha value is -0.950. The first-order chi connectivity index (χ1) is 8.12. The van der Waals surface area contributed by atoms with Gasteiger partial charge in [-0.25, -0.2) is 8.42 Å². The van der Waals surface area contributed by atoms with Crippen molar-refractivity contribution in [2.75, 3.05) is 11.5 Å². The van der Waals surface area contributed by atoms with Gasteiger partial charge in [-0.1, -0.05) is 25.9 Å². The molecule has 1 saturated heterocycles. The summed E-state index contributed by atoms with van der Waals surface area (Å²) in [5.74, 6) is 0.861. The molecule has 0 aromatic carbocycles. The summed E-state index contributed by atoms with van der Waals surface area (Å²) in [6, 6.07) is 0. The van der Waals surface area contributed by atoms with E-state index >= 15 is 0 Å². The zero-order valence-corrected chi connectivity index (χ0v) is 11.7. The fourth-order valence-corrected chi connectivity index (χ4v) is 3.84. The van der Waals surface area contributed by atoms with E-state index in [0.717, 1.165) is 0 Å². The molecule has 1 fully saturated rings. The van der Waals surface area contributed by atoms with Crippen LogP contribution in [0.2, 0.25) is 0 Å². The monoisotopic (exact) mass is 273 g/mol. The molecule has 0 aliphatic carbocycles. The molecule has 2 heterocycles. The maximum Gasteiger partial charge on any atom is 0.232 e. The van der Waals surface area contributed by atoms with Crippen molar-refractivity contribution < 1.29 is 12.9 Å². The smallest absolute Gasteiger partial charge is 0.232 e. The minimum absolute atomic E-state index is 0.108. The second-order valence-corrected chi connectivity index (χ2v) is 8.21. The van der Waals surface area contributed by atoms with E-state index in [-0.39, 0.29) is 16.9 Å². The second kappa shape index (κ2) is 4.03. The lowest BCUT2D eigenvalue weighted by atomic mass is 9.94. The minimum Gasteiger partial charge on any atom is -0.339 e. The van der Waals surface area contributed by atoms with Crippen LogP contribution >= 0.6 is 0 Å². The van der Waals surface area contributed by atoms with Crippen LogP contribution < -0.4 is 5.73 Å². The van der Waals surface area contributed by atoms with Gasteiger partial charge in [0.2, 0.25) is 5.89 Å². The molecular weight excluding hydrogens is 254 g/mol. The Kier molecular flexibility index (Phi) is 3.02. The number of rotatable bonds is 1. The third-order valence-corrected chi connectivity index (χ3v) is 4.93. The van der Waals surface area contributed by atoms with Gasteiger partial charge >= 0.3 is 0 Å². The van der Waals surface area contributed by atoms with E-state index in [4.69, 9.17) is 10.3 Å². The molecule has 0 amide bonds. The summed E-state index contributed by atoms with van der Waals surface area (Å²) in [5, 5.41) is 3.87. The summed E-state index contributed by atoms with van der Waals surface area (Å²) >= 11 is 0. The van der Waals surface area contributed by atoms with E-state index in [2.05, 4.69) is 10.1 Å². The van der Waals surface area contributed by atoms with Crippen molar-refractivity contribution in [2.24, 2.45) is 5.73 Å². The van der Waals surface area contributed by atoms with Gasteiger partial charge in [0, 0.05) is 5.41 Å². The van der Waals surface area contributed by atoms with Crippen molar-refractivity contribution in [1.82, 2.24) is 10.1 Å². The van der Waals surface area contributed by atoms with Crippen molar-refractivity contribution in [1.29, 1.82) is 0 Å². The Bertz CT molecular complexity index is 544. The molecule has 2 rings (SSSR count). The standard InChI is InChI=1S/C11H19N3O3S/c1-10(2,3)9-13-8(14-17-9)11(12)5-4-6-18(15,16)7-11/h4-7,12H2,1-3H3. The quantitative estimate of drug-likeness (QED) is 0.809. The topological polar surface area (TPSA) is 99.1 Å². The highest BCUT2D eigenvalue weighted by Gasteiger charge is 2.41. The lowest BCUT2D eigenvalue weighted by Crippen LogP contribution is -2.48. The van der Waals surface area contributed by atoms with Gasteiger partial charge < -0.3 is 10.3 Å². The molecule has 1 aromatic heterocycles. The zero-order valence-electron chi connectivity index (χ0n) is 10.9. The number of nitrogens with zero attached hydrogens (tertiary/aromatic N) is 2. The van der Waals surface area contributed by atoms with E-state index < -0.39 is 15.4 Å². The average molecular weight is 273 g/mol. The largest absolute Gasteiger partial charge is 0.339 e. The molecule has 1 atom stereocenters. The Morgan fingerprint density at radius 2 is 2.06 bits per heavy atom. The van der Waals surface area contributed by atoms with Crippen LogP contribution in [0.4, 0.5) is 0 Å². The molecule has 0 spiro atoms. The SMILES string of the molecule is CC(C)(C)c1nc(C2(N)CCCS(=O)(=O)C2)no1. The highest BCUT2D eigenvalue weighted by atomic mass is 32.2. The van der Waals surface area contributed by atoms with E-state index in [9.17, 15) is 8.42 Å². The van der Waals surface area contributed by atoms with Crippen molar-refractivity contribution >= 4 is 9.84 Å². The summed E-state index contributed by atoms with van der Waals surface area (Å²) in [7, 11) is -3.11. The Morgan fingerprint density at radius 3 is 2.56 bits per heavy atom. The van der Waals surface area contributed by atoms with Crippen molar-refractivity contribution in [2.45, 2.75) is 44.6 Å². The van der Waals surface area contributed by atoms with Gasteiger partial charge in [0.1, 0.15) is 0 Å². The Morgan fingerprint density at radius 1 is 1.39 bits per heavy atom. The van der Waals surface area contributed by atoms with Crippen LogP contribution in [0.15, 0.2) is 4.52 Å². The zero-order chi connectivity index (χ0) is 13.6. The molecule has 102 valence electrons. The number of nitrogens with two attached hydrogens (primary N) is 1. The van der Waals surface area contributed by atoms with Crippen molar-refractivity contribution in [3.05, 3.63) is 11.7 Å². The molecule has 18 heavy (non-hydrogen) atoms. The van der Waals surface area contributed by atoms with E-state index in [1.807, 2.05) is 20.8 Å². The molecule has 1 unspecified atom stereocenters. The molecule has 2 N–H and O–H groups in total. The van der Waals surface area contributed by atoms with Gasteiger partial charge in [-0.05, 0) is 12.8 Å². The molecule has 0 bridgehead atoms. The van der Waals surface area contributed by atoms with Gasteiger partial charge in [0.05, 0.1) is 17.0 Å². The van der Waals surface area contributed by atoms with Crippen molar-refractivity contribution in [3.63, 3.8) is 0 Å². The number of hydrogen-bond donors (Lipinski definition) is 1. The van der Waals surface area contributed by atoms with Crippen LogP contribution in [0.5, 0.6) is 0 Å². The predicted molar refractivity (Wildman–Crippen MR) is 66.8 cm³/mol. The van der Waals surface area contributed by atoms with Gasteiger partial charge in [0.15, 0.2) is 15.7 Å². The second-order valence-electron chi connectivity index (χ2n) is 6.02. The van der Waals surface area contributed by atoms with Crippen LogP contribution in [0, 0.1) is 0 Å². The van der Waals surface area contributed by atoms with Crippen LogP contribution in [0.1, 0.15) is 45.3 Å². The maximum absolute atomic E-state index is 11.7. The highest BCUT2D eigenvalue weighted by Crippen LogP contribution is 2.30. The number of hydrogen-bond acceptors (Lipinski definition) is 6. The Balaban J connectivity index is 2.33.